The maximum absolute atomic E-state index is 6.54. The SMILES string of the molecule is NCc1cccc2c1Oc1c(CN)cccc1C2=C1c2cccc(CN)c2Oc2c(CN)cccc21. The van der Waals surface area contributed by atoms with E-state index in [1.54, 1.807) is 0 Å². The maximum atomic E-state index is 6.54. The van der Waals surface area contributed by atoms with Gasteiger partial charge < -0.3 is 32.4 Å². The minimum atomic E-state index is 0.358. The number of fused-ring (bicyclic) bond motifs is 4. The van der Waals surface area contributed by atoms with Gasteiger partial charge in [-0.3, -0.25) is 0 Å². The zero-order chi connectivity index (χ0) is 24.8. The van der Waals surface area contributed by atoms with Crippen molar-refractivity contribution in [3.63, 3.8) is 0 Å². The summed E-state index contributed by atoms with van der Waals surface area (Å²) in [5.74, 6) is 3.04. The highest BCUT2D eigenvalue weighted by molar-refractivity contribution is 6.10. The summed E-state index contributed by atoms with van der Waals surface area (Å²) in [5, 5.41) is 0. The van der Waals surface area contributed by atoms with Crippen molar-refractivity contribution < 1.29 is 9.47 Å². The highest BCUT2D eigenvalue weighted by Crippen LogP contribution is 2.55. The summed E-state index contributed by atoms with van der Waals surface area (Å²) in [4.78, 5) is 0. The zero-order valence-corrected chi connectivity index (χ0v) is 19.9. The molecule has 0 radical (unpaired) electrons. The van der Waals surface area contributed by atoms with E-state index in [2.05, 4.69) is 24.3 Å². The van der Waals surface area contributed by atoms with Crippen molar-refractivity contribution in [1.29, 1.82) is 0 Å². The maximum Gasteiger partial charge on any atom is 0.139 e. The van der Waals surface area contributed by atoms with Crippen LogP contribution in [0.15, 0.2) is 72.8 Å². The summed E-state index contributed by atoms with van der Waals surface area (Å²) in [6.07, 6.45) is 0. The molecule has 4 aromatic carbocycles. The van der Waals surface area contributed by atoms with Crippen LogP contribution in [0.5, 0.6) is 23.0 Å². The highest BCUT2D eigenvalue weighted by Gasteiger charge is 2.34. The second-order valence-electron chi connectivity index (χ2n) is 8.95. The lowest BCUT2D eigenvalue weighted by Gasteiger charge is -2.32. The highest BCUT2D eigenvalue weighted by atomic mass is 16.5. The van der Waals surface area contributed by atoms with E-state index < -0.39 is 0 Å². The molecule has 36 heavy (non-hydrogen) atoms. The van der Waals surface area contributed by atoms with Gasteiger partial charge in [0, 0.05) is 81.8 Å². The molecule has 0 aliphatic carbocycles. The van der Waals surface area contributed by atoms with Gasteiger partial charge in [0.05, 0.1) is 0 Å². The first-order valence-electron chi connectivity index (χ1n) is 12.1. The molecule has 2 heterocycles. The fourth-order valence-corrected chi connectivity index (χ4v) is 5.28. The van der Waals surface area contributed by atoms with Crippen LogP contribution < -0.4 is 32.4 Å². The molecule has 0 spiro atoms. The second-order valence-corrected chi connectivity index (χ2v) is 8.95. The van der Waals surface area contributed by atoms with Crippen LogP contribution in [-0.4, -0.2) is 0 Å². The average Bonchev–Trinajstić information content (AvgIpc) is 2.93. The van der Waals surface area contributed by atoms with Crippen LogP contribution in [-0.2, 0) is 26.2 Å². The Morgan fingerprint density at radius 2 is 0.639 bits per heavy atom. The van der Waals surface area contributed by atoms with Crippen LogP contribution in [0.2, 0.25) is 0 Å². The standard InChI is InChI=1S/C30H28N4O2/c31-13-17-5-1-9-21-25(22-10-2-6-18(14-32)28(22)35-27(17)21)26-23-11-3-7-19(15-33)29(23)36-30-20(16-34)8-4-12-24(26)30/h1-12H,13-16,31-34H2. The number of hydrogen-bond donors (Lipinski definition) is 4. The molecule has 4 aromatic rings. The topological polar surface area (TPSA) is 123 Å². The fourth-order valence-electron chi connectivity index (χ4n) is 5.28. The molecule has 2 aliphatic rings. The Morgan fingerprint density at radius 1 is 0.389 bits per heavy atom. The third-order valence-electron chi connectivity index (χ3n) is 7.00. The van der Waals surface area contributed by atoms with E-state index in [4.69, 9.17) is 32.4 Å². The average molecular weight is 477 g/mol. The Hall–Kier alpha value is -3.94. The van der Waals surface area contributed by atoms with Gasteiger partial charge >= 0.3 is 0 Å². The summed E-state index contributed by atoms with van der Waals surface area (Å²) in [5.41, 5.74) is 34.3. The van der Waals surface area contributed by atoms with Crippen LogP contribution in [0.25, 0.3) is 11.1 Å². The number of para-hydroxylation sites is 4. The number of ether oxygens (including phenoxy) is 2. The Labute approximate surface area is 210 Å². The van der Waals surface area contributed by atoms with Crippen LogP contribution in [0.3, 0.4) is 0 Å². The lowest BCUT2D eigenvalue weighted by molar-refractivity contribution is 0.459. The molecule has 0 aromatic heterocycles. The summed E-state index contributed by atoms with van der Waals surface area (Å²) >= 11 is 0. The molecule has 6 heteroatoms. The Balaban J connectivity index is 1.81. The quantitative estimate of drug-likeness (QED) is 0.291. The van der Waals surface area contributed by atoms with Gasteiger partial charge in [-0.25, -0.2) is 0 Å². The summed E-state index contributed by atoms with van der Waals surface area (Å²) in [6, 6.07) is 24.5. The third kappa shape index (κ3) is 3.27. The van der Waals surface area contributed by atoms with Crippen molar-refractivity contribution in [2.24, 2.45) is 22.9 Å². The molecule has 8 N–H and O–H groups in total. The third-order valence-corrected chi connectivity index (χ3v) is 7.00. The minimum Gasteiger partial charge on any atom is -0.455 e. The first-order chi connectivity index (χ1) is 17.7. The van der Waals surface area contributed by atoms with E-state index in [0.717, 1.165) is 78.7 Å². The molecule has 0 saturated heterocycles. The van der Waals surface area contributed by atoms with E-state index in [1.807, 2.05) is 48.5 Å². The molecule has 180 valence electrons. The van der Waals surface area contributed by atoms with Gasteiger partial charge in [-0.2, -0.15) is 0 Å². The summed E-state index contributed by atoms with van der Waals surface area (Å²) in [7, 11) is 0. The van der Waals surface area contributed by atoms with Crippen molar-refractivity contribution in [3.05, 3.63) is 117 Å². The lowest BCUT2D eigenvalue weighted by Crippen LogP contribution is -2.15. The van der Waals surface area contributed by atoms with E-state index in [9.17, 15) is 0 Å². The van der Waals surface area contributed by atoms with Gasteiger partial charge in [-0.1, -0.05) is 72.8 Å². The number of nitrogens with two attached hydrogens (primary N) is 4. The molecule has 0 fully saturated rings. The molecule has 6 nitrogen and oxygen atoms in total. The van der Waals surface area contributed by atoms with Crippen LogP contribution in [0.4, 0.5) is 0 Å². The Morgan fingerprint density at radius 3 is 0.861 bits per heavy atom. The zero-order valence-electron chi connectivity index (χ0n) is 19.9. The molecule has 0 atom stereocenters. The molecular weight excluding hydrogens is 448 g/mol. The van der Waals surface area contributed by atoms with Gasteiger partial charge in [0.25, 0.3) is 0 Å². The van der Waals surface area contributed by atoms with Crippen molar-refractivity contribution in [1.82, 2.24) is 0 Å². The van der Waals surface area contributed by atoms with Gasteiger partial charge in [0.2, 0.25) is 0 Å². The smallest absolute Gasteiger partial charge is 0.139 e. The molecule has 0 saturated carbocycles. The second kappa shape index (κ2) is 8.93. The normalized spacial score (nSPS) is 13.2. The summed E-state index contributed by atoms with van der Waals surface area (Å²) in [6.45, 7) is 1.43. The lowest BCUT2D eigenvalue weighted by atomic mass is 9.80. The van der Waals surface area contributed by atoms with Gasteiger partial charge in [0.1, 0.15) is 23.0 Å². The van der Waals surface area contributed by atoms with E-state index in [1.165, 1.54) is 0 Å². The Bertz CT molecular complexity index is 1310. The number of hydrogen-bond acceptors (Lipinski definition) is 6. The first kappa shape index (κ1) is 22.5. The van der Waals surface area contributed by atoms with Gasteiger partial charge in [-0.05, 0) is 0 Å². The summed E-state index contributed by atoms with van der Waals surface area (Å²) < 4.78 is 13.1. The van der Waals surface area contributed by atoms with Crippen LogP contribution >= 0.6 is 0 Å². The molecule has 0 unspecified atom stereocenters. The van der Waals surface area contributed by atoms with Crippen molar-refractivity contribution in [3.8, 4) is 23.0 Å². The van der Waals surface area contributed by atoms with E-state index in [-0.39, 0.29) is 0 Å². The largest absolute Gasteiger partial charge is 0.455 e. The van der Waals surface area contributed by atoms with Crippen LogP contribution in [0.1, 0.15) is 44.5 Å². The minimum absolute atomic E-state index is 0.358. The fraction of sp³-hybridized carbons (Fsp3) is 0.133. The monoisotopic (exact) mass is 476 g/mol. The Kier molecular flexibility index (Phi) is 5.59. The molecule has 0 bridgehead atoms. The predicted octanol–water partition coefficient (Wildman–Crippen LogP) is 4.74. The van der Waals surface area contributed by atoms with Crippen molar-refractivity contribution >= 4 is 11.1 Å². The number of benzene rings is 4. The van der Waals surface area contributed by atoms with Crippen molar-refractivity contribution in [2.75, 3.05) is 0 Å². The van der Waals surface area contributed by atoms with E-state index >= 15 is 0 Å². The van der Waals surface area contributed by atoms with Crippen LogP contribution in [0, 0.1) is 0 Å². The van der Waals surface area contributed by atoms with E-state index in [0.29, 0.717) is 26.2 Å². The number of rotatable bonds is 4. The molecular formula is C30H28N4O2. The molecule has 6 rings (SSSR count). The molecule has 0 amide bonds. The van der Waals surface area contributed by atoms with Gasteiger partial charge in [0.15, 0.2) is 0 Å². The first-order valence-corrected chi connectivity index (χ1v) is 12.1. The molecule has 2 aliphatic heterocycles. The van der Waals surface area contributed by atoms with Crippen molar-refractivity contribution in [2.45, 2.75) is 26.2 Å². The predicted molar refractivity (Wildman–Crippen MR) is 142 cm³/mol. The van der Waals surface area contributed by atoms with Gasteiger partial charge in [-0.15, -0.1) is 0 Å².